The van der Waals surface area contributed by atoms with Crippen molar-refractivity contribution in [2.45, 2.75) is 36.3 Å². The van der Waals surface area contributed by atoms with E-state index in [2.05, 4.69) is 4.99 Å². The quantitative estimate of drug-likeness (QED) is 0.685. The Morgan fingerprint density at radius 2 is 2.08 bits per heavy atom. The number of aliphatic imine (C=N–C) groups is 1. The van der Waals surface area contributed by atoms with Gasteiger partial charge in [-0.15, -0.1) is 17.0 Å². The van der Waals surface area contributed by atoms with Gasteiger partial charge < -0.3 is 10.0 Å². The third-order valence-electron chi connectivity index (χ3n) is 4.90. The van der Waals surface area contributed by atoms with Crippen molar-refractivity contribution in [2.24, 2.45) is 16.0 Å². The maximum Gasteiger partial charge on any atom is 0.239 e. The van der Waals surface area contributed by atoms with Crippen molar-refractivity contribution in [1.29, 1.82) is 0 Å². The Labute approximate surface area is 174 Å². The van der Waals surface area contributed by atoms with E-state index in [0.29, 0.717) is 17.2 Å². The zero-order valence-electron chi connectivity index (χ0n) is 14.4. The second-order valence-corrected chi connectivity index (χ2v) is 9.51. The molecule has 1 aliphatic carbocycles. The highest BCUT2D eigenvalue weighted by Crippen LogP contribution is 2.39. The average Bonchev–Trinajstić information content (AvgIpc) is 3.15. The van der Waals surface area contributed by atoms with Crippen molar-refractivity contribution >= 4 is 55.5 Å². The van der Waals surface area contributed by atoms with Gasteiger partial charge in [0.15, 0.2) is 10.9 Å². The van der Waals surface area contributed by atoms with Crippen LogP contribution in [0.25, 0.3) is 0 Å². The number of rotatable bonds is 4. The van der Waals surface area contributed by atoms with Crippen LogP contribution < -0.4 is 5.14 Å². The third-order valence-corrected chi connectivity index (χ3v) is 7.50. The molecule has 1 saturated heterocycles. The van der Waals surface area contributed by atoms with Crippen LogP contribution in [0.3, 0.4) is 0 Å². The lowest BCUT2D eigenvalue weighted by Gasteiger charge is -2.31. The van der Waals surface area contributed by atoms with Crippen LogP contribution in [0, 0.1) is 5.92 Å². The molecule has 10 heteroatoms. The van der Waals surface area contributed by atoms with E-state index in [9.17, 15) is 13.5 Å². The molecular weight excluding hydrogens is 462 g/mol. The molecule has 3 N–H and O–H groups in total. The normalized spacial score (nSPS) is 25.7. The molecule has 1 heterocycles. The van der Waals surface area contributed by atoms with E-state index in [1.807, 2.05) is 0 Å². The Bertz CT molecular complexity index is 800. The van der Waals surface area contributed by atoms with Gasteiger partial charge in [0.1, 0.15) is 4.90 Å². The molecular formula is C16H23BrClN3O3S2. The van der Waals surface area contributed by atoms with Crippen LogP contribution in [-0.2, 0) is 15.7 Å². The maximum atomic E-state index is 11.7. The molecule has 0 bridgehead atoms. The first kappa shape index (κ1) is 22.0. The van der Waals surface area contributed by atoms with E-state index >= 15 is 0 Å². The van der Waals surface area contributed by atoms with E-state index in [-0.39, 0.29) is 26.9 Å². The molecule has 1 unspecified atom stereocenters. The minimum atomic E-state index is -3.96. The Morgan fingerprint density at radius 1 is 1.42 bits per heavy atom. The van der Waals surface area contributed by atoms with Crippen LogP contribution in [0.15, 0.2) is 28.1 Å². The number of thioether (sulfide) groups is 1. The number of sulfonamides is 1. The predicted octanol–water partition coefficient (Wildman–Crippen LogP) is 2.94. The molecule has 1 aliphatic heterocycles. The summed E-state index contributed by atoms with van der Waals surface area (Å²) in [4.78, 5) is 6.18. The van der Waals surface area contributed by atoms with Crippen LogP contribution in [0.1, 0.15) is 31.2 Å². The predicted molar refractivity (Wildman–Crippen MR) is 112 cm³/mol. The van der Waals surface area contributed by atoms with Gasteiger partial charge in [-0.25, -0.2) is 13.6 Å². The molecule has 2 aliphatic rings. The molecule has 26 heavy (non-hydrogen) atoms. The molecule has 3 rings (SSSR count). The first-order valence-electron chi connectivity index (χ1n) is 8.18. The molecule has 1 atom stereocenters. The summed E-state index contributed by atoms with van der Waals surface area (Å²) in [6.45, 7) is 0.770. The highest BCUT2D eigenvalue weighted by Gasteiger charge is 2.43. The van der Waals surface area contributed by atoms with Crippen LogP contribution in [0.4, 0.5) is 0 Å². The first-order chi connectivity index (χ1) is 11.7. The van der Waals surface area contributed by atoms with Gasteiger partial charge in [0.2, 0.25) is 10.0 Å². The van der Waals surface area contributed by atoms with Gasteiger partial charge in [0.25, 0.3) is 0 Å². The molecule has 1 aromatic rings. The smallest absolute Gasteiger partial charge is 0.239 e. The summed E-state index contributed by atoms with van der Waals surface area (Å²) in [6.07, 6.45) is 4.96. The zero-order chi connectivity index (χ0) is 18.2. The summed E-state index contributed by atoms with van der Waals surface area (Å²) in [5, 5.41) is 17.1. The minimum absolute atomic E-state index is 0. The van der Waals surface area contributed by atoms with Gasteiger partial charge in [-0.05, 0) is 30.9 Å². The Kier molecular flexibility index (Phi) is 7.07. The number of halogens is 2. The number of benzene rings is 1. The van der Waals surface area contributed by atoms with Gasteiger partial charge in [-0.2, -0.15) is 0 Å². The van der Waals surface area contributed by atoms with E-state index in [1.165, 1.54) is 49.6 Å². The number of amidine groups is 1. The van der Waals surface area contributed by atoms with E-state index < -0.39 is 15.7 Å². The molecule has 0 radical (unpaired) electrons. The number of nitrogens with two attached hydrogens (primary N) is 1. The highest BCUT2D eigenvalue weighted by atomic mass is 79.9. The van der Waals surface area contributed by atoms with E-state index in [4.69, 9.17) is 16.7 Å². The summed E-state index contributed by atoms with van der Waals surface area (Å²) in [6, 6.07) is 4.41. The molecule has 0 amide bonds. The SMILES string of the molecule is Br.CN1C(=NCC2CCCC2)SCC1(O)c1ccc(Cl)c(S(N)(=O)=O)c1. The van der Waals surface area contributed by atoms with Crippen molar-refractivity contribution in [1.82, 2.24) is 4.90 Å². The Hall–Kier alpha value is -0.320. The first-order valence-corrected chi connectivity index (χ1v) is 11.1. The maximum absolute atomic E-state index is 11.7. The van der Waals surface area contributed by atoms with Crippen molar-refractivity contribution in [3.05, 3.63) is 28.8 Å². The van der Waals surface area contributed by atoms with Crippen molar-refractivity contribution in [3.8, 4) is 0 Å². The summed E-state index contributed by atoms with van der Waals surface area (Å²) in [5.74, 6) is 0.985. The molecule has 0 spiro atoms. The van der Waals surface area contributed by atoms with Gasteiger partial charge in [0.05, 0.1) is 10.8 Å². The molecule has 6 nitrogen and oxygen atoms in total. The standard InChI is InChI=1S/C16H22ClN3O3S2.BrH/c1-20-15(19-9-11-4-2-3-5-11)24-10-16(20,21)12-6-7-13(17)14(8-12)25(18,22)23;/h6-8,11,21H,2-5,9-10H2,1H3,(H2,18,22,23);1H. The van der Waals surface area contributed by atoms with Crippen LogP contribution in [0.2, 0.25) is 5.02 Å². The van der Waals surface area contributed by atoms with E-state index in [0.717, 1.165) is 11.7 Å². The largest absolute Gasteiger partial charge is 0.366 e. The summed E-state index contributed by atoms with van der Waals surface area (Å²) in [5.41, 5.74) is -0.912. The molecule has 146 valence electrons. The lowest BCUT2D eigenvalue weighted by Crippen LogP contribution is -2.42. The fourth-order valence-corrected chi connectivity index (χ4v) is 5.59. The Morgan fingerprint density at radius 3 is 2.69 bits per heavy atom. The number of primary sulfonamides is 1. The summed E-state index contributed by atoms with van der Waals surface area (Å²) < 4.78 is 23.4. The topological polar surface area (TPSA) is 96.0 Å². The number of hydrogen-bond donors (Lipinski definition) is 2. The van der Waals surface area contributed by atoms with E-state index in [1.54, 1.807) is 18.0 Å². The molecule has 1 saturated carbocycles. The average molecular weight is 485 g/mol. The summed E-state index contributed by atoms with van der Waals surface area (Å²) in [7, 11) is -2.20. The fraction of sp³-hybridized carbons (Fsp3) is 0.562. The third kappa shape index (κ3) is 4.39. The second-order valence-electron chi connectivity index (χ2n) is 6.63. The monoisotopic (exact) mass is 483 g/mol. The van der Waals surface area contributed by atoms with Crippen molar-refractivity contribution < 1.29 is 13.5 Å². The zero-order valence-corrected chi connectivity index (χ0v) is 18.5. The summed E-state index contributed by atoms with van der Waals surface area (Å²) >= 11 is 7.40. The molecule has 0 aromatic heterocycles. The lowest BCUT2D eigenvalue weighted by atomic mass is 10.0. The fourth-order valence-electron chi connectivity index (χ4n) is 3.32. The molecule has 2 fully saturated rings. The minimum Gasteiger partial charge on any atom is -0.366 e. The lowest BCUT2D eigenvalue weighted by molar-refractivity contribution is -0.0350. The Balaban J connectivity index is 0.00000243. The van der Waals surface area contributed by atoms with Gasteiger partial charge in [-0.3, -0.25) is 4.99 Å². The number of hydrogen-bond acceptors (Lipinski definition) is 5. The van der Waals surface area contributed by atoms with Crippen LogP contribution in [-0.4, -0.2) is 42.9 Å². The van der Waals surface area contributed by atoms with Crippen LogP contribution >= 0.6 is 40.3 Å². The van der Waals surface area contributed by atoms with Crippen LogP contribution in [0.5, 0.6) is 0 Å². The molecule has 1 aromatic carbocycles. The van der Waals surface area contributed by atoms with Gasteiger partial charge >= 0.3 is 0 Å². The van der Waals surface area contributed by atoms with Crippen molar-refractivity contribution in [3.63, 3.8) is 0 Å². The second kappa shape index (κ2) is 8.36. The number of aliphatic hydroxyl groups is 1. The highest BCUT2D eigenvalue weighted by molar-refractivity contribution is 8.93. The van der Waals surface area contributed by atoms with Gasteiger partial charge in [0, 0.05) is 19.2 Å². The number of nitrogens with zero attached hydrogens (tertiary/aromatic N) is 2. The van der Waals surface area contributed by atoms with Gasteiger partial charge in [-0.1, -0.05) is 42.3 Å². The van der Waals surface area contributed by atoms with Crippen molar-refractivity contribution in [2.75, 3.05) is 19.3 Å².